The average molecular weight is 410 g/mol. The van der Waals surface area contributed by atoms with E-state index in [1.165, 1.54) is 51.7 Å². The van der Waals surface area contributed by atoms with Crippen molar-refractivity contribution in [1.82, 2.24) is 15.5 Å². The molecule has 0 spiro atoms. The van der Waals surface area contributed by atoms with Crippen LogP contribution in [0.1, 0.15) is 52.9 Å². The van der Waals surface area contributed by atoms with Crippen LogP contribution in [0.3, 0.4) is 0 Å². The first-order chi connectivity index (χ1) is 9.72. The molecule has 5 heteroatoms. The number of rotatable bonds is 7. The third kappa shape index (κ3) is 11.2. The Hall–Kier alpha value is -0.0400. The maximum atomic E-state index is 4.59. The summed E-state index contributed by atoms with van der Waals surface area (Å²) in [6, 6.07) is 0. The van der Waals surface area contributed by atoms with E-state index in [4.69, 9.17) is 0 Å². The minimum atomic E-state index is 0. The fraction of sp³-hybridized carbons (Fsp3) is 0.938. The summed E-state index contributed by atoms with van der Waals surface area (Å²) in [7, 11) is 0. The van der Waals surface area contributed by atoms with E-state index in [2.05, 4.69) is 41.3 Å². The fourth-order valence-electron chi connectivity index (χ4n) is 2.48. The standard InChI is InChI=1S/C16H34N4.HI/c1-4-17-16(19-14-15(2)3)18-10-9-13-20-11-7-5-6-8-12-20;/h15H,4-14H2,1-3H3,(H2,17,18,19);1H. The zero-order valence-electron chi connectivity index (χ0n) is 14.2. The first-order valence-corrected chi connectivity index (χ1v) is 8.47. The third-order valence-corrected chi connectivity index (χ3v) is 3.60. The van der Waals surface area contributed by atoms with Crippen molar-refractivity contribution in [3.8, 4) is 0 Å². The van der Waals surface area contributed by atoms with Gasteiger partial charge in [0.2, 0.25) is 0 Å². The van der Waals surface area contributed by atoms with Crippen molar-refractivity contribution in [3.05, 3.63) is 0 Å². The summed E-state index contributed by atoms with van der Waals surface area (Å²) in [5.74, 6) is 1.58. The second-order valence-electron chi connectivity index (χ2n) is 6.15. The Labute approximate surface area is 148 Å². The first-order valence-electron chi connectivity index (χ1n) is 8.47. The molecule has 1 aliphatic rings. The van der Waals surface area contributed by atoms with E-state index in [-0.39, 0.29) is 24.0 Å². The highest BCUT2D eigenvalue weighted by Gasteiger charge is 2.08. The highest BCUT2D eigenvalue weighted by atomic mass is 127. The lowest BCUT2D eigenvalue weighted by molar-refractivity contribution is 0.282. The van der Waals surface area contributed by atoms with Crippen LogP contribution in [-0.4, -0.2) is 50.1 Å². The second kappa shape index (κ2) is 13.6. The van der Waals surface area contributed by atoms with Gasteiger partial charge in [0.15, 0.2) is 5.96 Å². The van der Waals surface area contributed by atoms with E-state index >= 15 is 0 Å². The third-order valence-electron chi connectivity index (χ3n) is 3.60. The van der Waals surface area contributed by atoms with Crippen LogP contribution in [0, 0.1) is 5.92 Å². The lowest BCUT2D eigenvalue weighted by atomic mass is 10.2. The topological polar surface area (TPSA) is 39.7 Å². The number of halogens is 1. The van der Waals surface area contributed by atoms with E-state index in [0.29, 0.717) is 5.92 Å². The molecule has 0 amide bonds. The first kappa shape index (κ1) is 21.0. The van der Waals surface area contributed by atoms with Gasteiger partial charge in [0, 0.05) is 19.6 Å². The Balaban J connectivity index is 0.00000400. The summed E-state index contributed by atoms with van der Waals surface area (Å²) in [6.45, 7) is 13.2. The van der Waals surface area contributed by atoms with Crippen LogP contribution in [0.25, 0.3) is 0 Å². The zero-order valence-corrected chi connectivity index (χ0v) is 16.5. The smallest absolute Gasteiger partial charge is 0.191 e. The van der Waals surface area contributed by atoms with Crippen molar-refractivity contribution in [2.24, 2.45) is 10.9 Å². The summed E-state index contributed by atoms with van der Waals surface area (Å²) in [5, 5.41) is 6.76. The van der Waals surface area contributed by atoms with Gasteiger partial charge in [-0.05, 0) is 51.7 Å². The maximum Gasteiger partial charge on any atom is 0.191 e. The molecule has 0 unspecified atom stereocenters. The van der Waals surface area contributed by atoms with Crippen molar-refractivity contribution in [3.63, 3.8) is 0 Å². The molecule has 1 heterocycles. The average Bonchev–Trinajstić information content (AvgIpc) is 2.69. The molecule has 0 aliphatic carbocycles. The molecule has 2 N–H and O–H groups in total. The molecule has 1 fully saturated rings. The minimum absolute atomic E-state index is 0. The molecule has 1 rings (SSSR count). The van der Waals surface area contributed by atoms with Crippen molar-refractivity contribution in [2.45, 2.75) is 52.9 Å². The van der Waals surface area contributed by atoms with E-state index in [9.17, 15) is 0 Å². The van der Waals surface area contributed by atoms with Gasteiger partial charge in [-0.25, -0.2) is 0 Å². The molecule has 0 aromatic rings. The summed E-state index contributed by atoms with van der Waals surface area (Å²) < 4.78 is 0. The van der Waals surface area contributed by atoms with Gasteiger partial charge >= 0.3 is 0 Å². The number of hydrogen-bond donors (Lipinski definition) is 2. The van der Waals surface area contributed by atoms with E-state index in [1.54, 1.807) is 0 Å². The van der Waals surface area contributed by atoms with Crippen LogP contribution >= 0.6 is 24.0 Å². The molecule has 0 bridgehead atoms. The number of nitrogens with zero attached hydrogens (tertiary/aromatic N) is 2. The van der Waals surface area contributed by atoms with Gasteiger partial charge in [0.25, 0.3) is 0 Å². The van der Waals surface area contributed by atoms with Gasteiger partial charge in [0.05, 0.1) is 0 Å². The Morgan fingerprint density at radius 1 is 1.10 bits per heavy atom. The minimum Gasteiger partial charge on any atom is -0.357 e. The number of likely N-dealkylation sites (tertiary alicyclic amines) is 1. The Kier molecular flexibility index (Phi) is 13.6. The lowest BCUT2D eigenvalue weighted by Crippen LogP contribution is -2.39. The molecule has 4 nitrogen and oxygen atoms in total. The molecule has 1 saturated heterocycles. The molecular formula is C16H35IN4. The van der Waals surface area contributed by atoms with Crippen LogP contribution < -0.4 is 10.6 Å². The summed E-state index contributed by atoms with van der Waals surface area (Å²) in [5.41, 5.74) is 0. The molecule has 1 aliphatic heterocycles. The SMILES string of the molecule is CCNC(=NCC(C)C)NCCCN1CCCCCC1.I. The van der Waals surface area contributed by atoms with Gasteiger partial charge in [-0.15, -0.1) is 24.0 Å². The number of aliphatic imine (C=N–C) groups is 1. The monoisotopic (exact) mass is 410 g/mol. The molecule has 0 radical (unpaired) electrons. The zero-order chi connectivity index (χ0) is 14.6. The van der Waals surface area contributed by atoms with Gasteiger partial charge in [0.1, 0.15) is 0 Å². The van der Waals surface area contributed by atoms with Gasteiger partial charge < -0.3 is 15.5 Å². The molecule has 126 valence electrons. The predicted octanol–water partition coefficient (Wildman–Crippen LogP) is 3.08. The van der Waals surface area contributed by atoms with Crippen molar-refractivity contribution >= 4 is 29.9 Å². The van der Waals surface area contributed by atoms with Crippen molar-refractivity contribution < 1.29 is 0 Å². The fourth-order valence-corrected chi connectivity index (χ4v) is 2.48. The normalized spacial score (nSPS) is 17.2. The van der Waals surface area contributed by atoms with Gasteiger partial charge in [-0.1, -0.05) is 26.7 Å². The maximum absolute atomic E-state index is 4.59. The Morgan fingerprint density at radius 2 is 1.76 bits per heavy atom. The lowest BCUT2D eigenvalue weighted by Gasteiger charge is -2.20. The van der Waals surface area contributed by atoms with Crippen molar-refractivity contribution in [2.75, 3.05) is 39.3 Å². The van der Waals surface area contributed by atoms with Crippen LogP contribution in [0.4, 0.5) is 0 Å². The highest BCUT2D eigenvalue weighted by Crippen LogP contribution is 2.09. The Bertz CT molecular complexity index is 261. The summed E-state index contributed by atoms with van der Waals surface area (Å²) in [4.78, 5) is 7.21. The van der Waals surface area contributed by atoms with Crippen LogP contribution in [0.15, 0.2) is 4.99 Å². The van der Waals surface area contributed by atoms with E-state index in [1.807, 2.05) is 0 Å². The molecule has 0 atom stereocenters. The predicted molar refractivity (Wildman–Crippen MR) is 104 cm³/mol. The highest BCUT2D eigenvalue weighted by molar-refractivity contribution is 14.0. The Morgan fingerprint density at radius 3 is 2.33 bits per heavy atom. The molecular weight excluding hydrogens is 375 g/mol. The van der Waals surface area contributed by atoms with E-state index in [0.717, 1.165) is 25.6 Å². The van der Waals surface area contributed by atoms with Gasteiger partial charge in [-0.3, -0.25) is 4.99 Å². The van der Waals surface area contributed by atoms with Gasteiger partial charge in [-0.2, -0.15) is 0 Å². The largest absolute Gasteiger partial charge is 0.357 e. The number of guanidine groups is 1. The van der Waals surface area contributed by atoms with Crippen LogP contribution in [0.2, 0.25) is 0 Å². The molecule has 0 aromatic carbocycles. The van der Waals surface area contributed by atoms with Crippen LogP contribution in [0.5, 0.6) is 0 Å². The molecule has 0 saturated carbocycles. The van der Waals surface area contributed by atoms with Crippen LogP contribution in [-0.2, 0) is 0 Å². The van der Waals surface area contributed by atoms with Crippen molar-refractivity contribution in [1.29, 1.82) is 0 Å². The summed E-state index contributed by atoms with van der Waals surface area (Å²) in [6.07, 6.45) is 6.80. The molecule has 21 heavy (non-hydrogen) atoms. The molecule has 0 aromatic heterocycles. The number of nitrogens with one attached hydrogen (secondary N) is 2. The van der Waals surface area contributed by atoms with E-state index < -0.39 is 0 Å². The number of hydrogen-bond acceptors (Lipinski definition) is 2. The quantitative estimate of drug-likeness (QED) is 0.293. The summed E-state index contributed by atoms with van der Waals surface area (Å²) >= 11 is 0. The second-order valence-corrected chi connectivity index (χ2v) is 6.15.